The Bertz CT molecular complexity index is 657. The third-order valence-corrected chi connectivity index (χ3v) is 3.60. The number of nitrogens with one attached hydrogen (secondary N) is 1. The molecule has 0 aliphatic carbocycles. The van der Waals surface area contributed by atoms with Crippen molar-refractivity contribution < 1.29 is 14.3 Å². The molecule has 3 N–H and O–H groups in total. The van der Waals surface area contributed by atoms with Crippen molar-refractivity contribution in [3.63, 3.8) is 0 Å². The van der Waals surface area contributed by atoms with E-state index in [-0.39, 0.29) is 25.0 Å². The lowest BCUT2D eigenvalue weighted by Gasteiger charge is -2.18. The van der Waals surface area contributed by atoms with Crippen LogP contribution in [0.1, 0.15) is 24.0 Å². The molecule has 0 fully saturated rings. The smallest absolute Gasteiger partial charge is 0.315 e. The molecule has 0 saturated heterocycles. The molecule has 0 aliphatic rings. The van der Waals surface area contributed by atoms with Crippen LogP contribution >= 0.6 is 0 Å². The molecular weight excluding hydrogens is 304 g/mol. The molecule has 0 bridgehead atoms. The van der Waals surface area contributed by atoms with E-state index in [0.717, 1.165) is 11.1 Å². The Morgan fingerprint density at radius 3 is 2.21 bits per heavy atom. The van der Waals surface area contributed by atoms with E-state index in [1.165, 1.54) is 0 Å². The minimum atomic E-state index is -0.623. The van der Waals surface area contributed by atoms with Crippen LogP contribution in [0.25, 0.3) is 0 Å². The van der Waals surface area contributed by atoms with Gasteiger partial charge in [-0.2, -0.15) is 0 Å². The van der Waals surface area contributed by atoms with Crippen LogP contribution in [0.2, 0.25) is 0 Å². The van der Waals surface area contributed by atoms with Crippen LogP contribution in [0.5, 0.6) is 0 Å². The number of rotatable bonds is 7. The van der Waals surface area contributed by atoms with Gasteiger partial charge in [-0.05, 0) is 18.1 Å². The molecule has 2 aromatic rings. The number of carbonyl (C=O) groups is 2. The third-order valence-electron chi connectivity index (χ3n) is 3.60. The Balaban J connectivity index is 2.04. The fourth-order valence-electron chi connectivity index (χ4n) is 2.22. The zero-order valence-electron chi connectivity index (χ0n) is 13.6. The first-order valence-corrected chi connectivity index (χ1v) is 7.86. The zero-order valence-corrected chi connectivity index (χ0v) is 13.6. The summed E-state index contributed by atoms with van der Waals surface area (Å²) in [6, 6.07) is 18.1. The van der Waals surface area contributed by atoms with E-state index in [2.05, 4.69) is 5.32 Å². The summed E-state index contributed by atoms with van der Waals surface area (Å²) >= 11 is 0. The standard InChI is InChI=1S/C19H22N2O3/c1-14(20)18(22)21-12-17(16-10-6-3-7-11-16)19(23)24-13-15-8-4-2-5-9-15/h2-11,14,17H,12-13,20H2,1H3,(H,21,22)/t14-,17?/m0/s1. The fourth-order valence-corrected chi connectivity index (χ4v) is 2.22. The van der Waals surface area contributed by atoms with Gasteiger partial charge >= 0.3 is 5.97 Å². The molecule has 0 saturated carbocycles. The predicted molar refractivity (Wildman–Crippen MR) is 92.1 cm³/mol. The van der Waals surface area contributed by atoms with Gasteiger partial charge in [0.1, 0.15) is 6.61 Å². The molecule has 0 aromatic heterocycles. The monoisotopic (exact) mass is 326 g/mol. The van der Waals surface area contributed by atoms with Crippen LogP contribution in [0, 0.1) is 0 Å². The zero-order chi connectivity index (χ0) is 17.4. The first-order valence-electron chi connectivity index (χ1n) is 7.86. The number of hydrogen-bond acceptors (Lipinski definition) is 4. The summed E-state index contributed by atoms with van der Waals surface area (Å²) in [5.74, 6) is -1.25. The van der Waals surface area contributed by atoms with E-state index >= 15 is 0 Å². The molecule has 2 aromatic carbocycles. The predicted octanol–water partition coefficient (Wildman–Crippen LogP) is 1.98. The number of hydrogen-bond donors (Lipinski definition) is 2. The first-order chi connectivity index (χ1) is 11.6. The largest absolute Gasteiger partial charge is 0.460 e. The maximum absolute atomic E-state index is 12.5. The summed E-state index contributed by atoms with van der Waals surface area (Å²) in [7, 11) is 0. The van der Waals surface area contributed by atoms with E-state index < -0.39 is 12.0 Å². The lowest BCUT2D eigenvalue weighted by Crippen LogP contribution is -2.41. The Hall–Kier alpha value is -2.66. The highest BCUT2D eigenvalue weighted by atomic mass is 16.5. The van der Waals surface area contributed by atoms with E-state index in [1.54, 1.807) is 6.92 Å². The minimum Gasteiger partial charge on any atom is -0.460 e. The van der Waals surface area contributed by atoms with E-state index in [1.807, 2.05) is 60.7 Å². The highest BCUT2D eigenvalue weighted by Crippen LogP contribution is 2.17. The van der Waals surface area contributed by atoms with Gasteiger partial charge in [-0.25, -0.2) is 0 Å². The summed E-state index contributed by atoms with van der Waals surface area (Å²) in [6.45, 7) is 1.95. The number of ether oxygens (including phenoxy) is 1. The van der Waals surface area contributed by atoms with Crippen molar-refractivity contribution in [2.45, 2.75) is 25.5 Å². The SMILES string of the molecule is C[C@H](N)C(=O)NCC(C(=O)OCc1ccccc1)c1ccccc1. The van der Waals surface area contributed by atoms with Crippen LogP contribution < -0.4 is 11.1 Å². The average molecular weight is 326 g/mol. The summed E-state index contributed by atoms with van der Waals surface area (Å²) in [5, 5.41) is 2.69. The summed E-state index contributed by atoms with van der Waals surface area (Å²) < 4.78 is 5.42. The van der Waals surface area contributed by atoms with Gasteiger partial charge in [0.15, 0.2) is 0 Å². The second-order valence-corrected chi connectivity index (χ2v) is 5.59. The number of benzene rings is 2. The number of nitrogens with two attached hydrogens (primary N) is 1. The highest BCUT2D eigenvalue weighted by molar-refractivity contribution is 5.83. The van der Waals surface area contributed by atoms with E-state index in [4.69, 9.17) is 10.5 Å². The lowest BCUT2D eigenvalue weighted by atomic mass is 9.99. The molecule has 0 radical (unpaired) electrons. The molecule has 0 aliphatic heterocycles. The van der Waals surface area contributed by atoms with Gasteiger partial charge in [-0.1, -0.05) is 60.7 Å². The van der Waals surface area contributed by atoms with Crippen molar-refractivity contribution in [3.8, 4) is 0 Å². The molecule has 0 heterocycles. The Kier molecular flexibility index (Phi) is 6.51. The summed E-state index contributed by atoms with van der Waals surface area (Å²) in [4.78, 5) is 24.2. The van der Waals surface area contributed by atoms with Crippen molar-refractivity contribution in [2.75, 3.05) is 6.54 Å². The second kappa shape index (κ2) is 8.84. The molecule has 5 nitrogen and oxygen atoms in total. The molecule has 2 rings (SSSR count). The molecular formula is C19H22N2O3. The van der Waals surface area contributed by atoms with E-state index in [9.17, 15) is 9.59 Å². The number of amides is 1. The van der Waals surface area contributed by atoms with Gasteiger partial charge < -0.3 is 15.8 Å². The van der Waals surface area contributed by atoms with Crippen LogP contribution in [0.3, 0.4) is 0 Å². The van der Waals surface area contributed by atoms with Gasteiger partial charge in [-0.3, -0.25) is 9.59 Å². The molecule has 2 atom stereocenters. The van der Waals surface area contributed by atoms with Gasteiger partial charge in [0.25, 0.3) is 0 Å². The van der Waals surface area contributed by atoms with Crippen LogP contribution in [0.4, 0.5) is 0 Å². The maximum Gasteiger partial charge on any atom is 0.315 e. The van der Waals surface area contributed by atoms with Gasteiger partial charge in [0.2, 0.25) is 5.91 Å². The van der Waals surface area contributed by atoms with Crippen molar-refractivity contribution in [2.24, 2.45) is 5.73 Å². The molecule has 1 unspecified atom stereocenters. The van der Waals surface area contributed by atoms with Crippen LogP contribution in [-0.2, 0) is 20.9 Å². The quantitative estimate of drug-likeness (QED) is 0.762. The Morgan fingerprint density at radius 2 is 1.62 bits per heavy atom. The highest BCUT2D eigenvalue weighted by Gasteiger charge is 2.23. The van der Waals surface area contributed by atoms with Gasteiger partial charge in [0.05, 0.1) is 12.0 Å². The number of esters is 1. The summed E-state index contributed by atoms with van der Waals surface area (Å²) in [6.07, 6.45) is 0. The number of carbonyl (C=O) groups excluding carboxylic acids is 2. The Morgan fingerprint density at radius 1 is 1.04 bits per heavy atom. The van der Waals surface area contributed by atoms with Crippen LogP contribution in [0.15, 0.2) is 60.7 Å². The van der Waals surface area contributed by atoms with Crippen LogP contribution in [-0.4, -0.2) is 24.5 Å². The minimum absolute atomic E-state index is 0.151. The molecule has 5 heteroatoms. The lowest BCUT2D eigenvalue weighted by molar-refractivity contribution is -0.146. The maximum atomic E-state index is 12.5. The first kappa shape index (κ1) is 17.7. The van der Waals surface area contributed by atoms with Crippen molar-refractivity contribution in [1.29, 1.82) is 0 Å². The van der Waals surface area contributed by atoms with Crippen molar-refractivity contribution in [3.05, 3.63) is 71.8 Å². The molecule has 24 heavy (non-hydrogen) atoms. The average Bonchev–Trinajstić information content (AvgIpc) is 2.61. The van der Waals surface area contributed by atoms with Gasteiger partial charge in [0, 0.05) is 6.54 Å². The topological polar surface area (TPSA) is 81.4 Å². The molecule has 126 valence electrons. The van der Waals surface area contributed by atoms with E-state index in [0.29, 0.717) is 0 Å². The molecule has 0 spiro atoms. The summed E-state index contributed by atoms with van der Waals surface area (Å²) in [5.41, 5.74) is 7.25. The molecule has 1 amide bonds. The van der Waals surface area contributed by atoms with Crippen molar-refractivity contribution >= 4 is 11.9 Å². The Labute approximate surface area is 141 Å². The van der Waals surface area contributed by atoms with Gasteiger partial charge in [-0.15, -0.1) is 0 Å². The normalized spacial score (nSPS) is 12.9. The fraction of sp³-hybridized carbons (Fsp3) is 0.263. The van der Waals surface area contributed by atoms with Crippen molar-refractivity contribution in [1.82, 2.24) is 5.32 Å². The second-order valence-electron chi connectivity index (χ2n) is 5.59. The third kappa shape index (κ3) is 5.21.